The normalized spacial score (nSPS) is 12.3. The molecule has 0 aromatic heterocycles. The molecule has 0 radical (unpaired) electrons. The first-order valence-corrected chi connectivity index (χ1v) is 11.3. The third kappa shape index (κ3) is 4.64. The summed E-state index contributed by atoms with van der Waals surface area (Å²) in [6.07, 6.45) is 0. The van der Waals surface area contributed by atoms with Crippen LogP contribution < -0.4 is 29.7 Å². The monoisotopic (exact) mass is 532 g/mol. The lowest BCUT2D eigenvalue weighted by atomic mass is 10.2. The zero-order valence-corrected chi connectivity index (χ0v) is 20.3. The molecule has 0 bridgehead atoms. The van der Waals surface area contributed by atoms with Gasteiger partial charge in [-0.1, -0.05) is 29.8 Å². The lowest BCUT2D eigenvalue weighted by Crippen LogP contribution is -2.22. The van der Waals surface area contributed by atoms with Gasteiger partial charge < -0.3 is 23.8 Å². The van der Waals surface area contributed by atoms with Gasteiger partial charge in [0.25, 0.3) is 0 Å². The lowest BCUT2D eigenvalue weighted by molar-refractivity contribution is -0.274. The SMILES string of the molecule is C=C(COc1ccc2c(c1)N=c1c(Cl)c3c(c(Cl)c1O2)=Nc1cc(OCCOOC)ccc1O3)OO. The van der Waals surface area contributed by atoms with Gasteiger partial charge in [-0.25, -0.2) is 25.0 Å². The fourth-order valence-electron chi connectivity index (χ4n) is 3.46. The van der Waals surface area contributed by atoms with Gasteiger partial charge in [0.05, 0.1) is 7.11 Å². The fourth-order valence-corrected chi connectivity index (χ4v) is 3.97. The molecule has 0 saturated heterocycles. The number of fused-ring (bicyclic) bond motifs is 4. The number of benzene rings is 3. The van der Waals surface area contributed by atoms with E-state index in [1.807, 2.05) is 0 Å². The van der Waals surface area contributed by atoms with E-state index < -0.39 is 0 Å². The Bertz CT molecular complexity index is 1480. The predicted molar refractivity (Wildman–Crippen MR) is 128 cm³/mol. The van der Waals surface area contributed by atoms with Crippen LogP contribution in [-0.4, -0.2) is 32.2 Å². The second-order valence-corrected chi connectivity index (χ2v) is 8.18. The van der Waals surface area contributed by atoms with Crippen LogP contribution >= 0.6 is 23.2 Å². The highest BCUT2D eigenvalue weighted by Crippen LogP contribution is 2.44. The molecular weight excluding hydrogens is 515 g/mol. The van der Waals surface area contributed by atoms with Crippen molar-refractivity contribution < 1.29 is 38.9 Å². The van der Waals surface area contributed by atoms with Gasteiger partial charge in [0.1, 0.15) is 63.5 Å². The molecule has 3 aromatic carbocycles. The summed E-state index contributed by atoms with van der Waals surface area (Å²) in [6.45, 7) is 4.00. The van der Waals surface area contributed by atoms with E-state index in [9.17, 15) is 0 Å². The van der Waals surface area contributed by atoms with Crippen molar-refractivity contribution in [2.45, 2.75) is 0 Å². The van der Waals surface area contributed by atoms with E-state index in [1.54, 1.807) is 36.4 Å². The van der Waals surface area contributed by atoms with Crippen molar-refractivity contribution in [2.75, 3.05) is 26.9 Å². The van der Waals surface area contributed by atoms with Crippen molar-refractivity contribution in [1.29, 1.82) is 0 Å². The lowest BCUT2D eigenvalue weighted by Gasteiger charge is -2.21. The predicted octanol–water partition coefficient (Wildman–Crippen LogP) is 5.45. The van der Waals surface area contributed by atoms with Crippen molar-refractivity contribution in [3.63, 3.8) is 0 Å². The van der Waals surface area contributed by atoms with E-state index in [0.29, 0.717) is 45.1 Å². The minimum Gasteiger partial charge on any atom is -0.491 e. The Balaban J connectivity index is 1.50. The molecule has 2 heterocycles. The molecule has 0 aliphatic carbocycles. The molecule has 10 nitrogen and oxygen atoms in total. The summed E-state index contributed by atoms with van der Waals surface area (Å²) in [6, 6.07) is 10.2. The summed E-state index contributed by atoms with van der Waals surface area (Å²) in [4.78, 5) is 22.6. The first-order valence-electron chi connectivity index (χ1n) is 10.5. The number of rotatable bonds is 9. The van der Waals surface area contributed by atoms with Gasteiger partial charge in [-0.05, 0) is 24.3 Å². The Morgan fingerprint density at radius 1 is 0.889 bits per heavy atom. The summed E-state index contributed by atoms with van der Waals surface area (Å²) in [7, 11) is 1.43. The van der Waals surface area contributed by atoms with E-state index in [-0.39, 0.29) is 47.1 Å². The number of hydrogen-bond acceptors (Lipinski definition) is 10. The van der Waals surface area contributed by atoms with Crippen molar-refractivity contribution in [3.05, 3.63) is 69.5 Å². The average Bonchev–Trinajstić information content (AvgIpc) is 2.91. The number of nitrogens with zero attached hydrogens (tertiary/aromatic N) is 2. The number of halogens is 2. The number of hydrogen-bond donors (Lipinski definition) is 1. The number of ether oxygens (including phenoxy) is 4. The zero-order chi connectivity index (χ0) is 25.2. The van der Waals surface area contributed by atoms with Crippen LogP contribution in [0.1, 0.15) is 0 Å². The first-order chi connectivity index (χ1) is 17.5. The molecule has 0 fully saturated rings. The molecule has 0 unspecified atom stereocenters. The molecule has 36 heavy (non-hydrogen) atoms. The van der Waals surface area contributed by atoms with Gasteiger partial charge in [0.15, 0.2) is 28.8 Å². The van der Waals surface area contributed by atoms with Gasteiger partial charge in [0.2, 0.25) is 0 Å². The van der Waals surface area contributed by atoms with Crippen LogP contribution in [0.2, 0.25) is 10.0 Å². The minimum atomic E-state index is -0.0464. The molecule has 3 aromatic rings. The third-order valence-electron chi connectivity index (χ3n) is 5.08. The van der Waals surface area contributed by atoms with Crippen LogP contribution in [0.3, 0.4) is 0 Å². The maximum Gasteiger partial charge on any atom is 0.175 e. The topological polar surface area (TPSA) is 110 Å². The third-order valence-corrected chi connectivity index (χ3v) is 5.78. The molecule has 0 spiro atoms. The Morgan fingerprint density at radius 3 is 1.97 bits per heavy atom. The van der Waals surface area contributed by atoms with Gasteiger partial charge >= 0.3 is 0 Å². The molecule has 5 rings (SSSR count). The standard InChI is InChI=1S/C24H18Cl2N2O8/c1-12(36-29)11-32-14-4-6-18-16(10-14)28-22-20(26)23-21(19(25)24(22)35-18)27-15-9-13(3-5-17(15)34-23)31-7-8-33-30-2/h3-6,9-10,29H,1,7-8,11H2,2H3. The van der Waals surface area contributed by atoms with Crippen LogP contribution in [0, 0.1) is 0 Å². The Kier molecular flexibility index (Phi) is 6.86. The minimum absolute atomic E-state index is 0.0464. The largest absolute Gasteiger partial charge is 0.491 e. The molecule has 2 aliphatic rings. The van der Waals surface area contributed by atoms with Gasteiger partial charge in [-0.2, -0.15) is 0 Å². The van der Waals surface area contributed by atoms with Gasteiger partial charge in [-0.15, -0.1) is 0 Å². The van der Waals surface area contributed by atoms with Crippen molar-refractivity contribution in [1.82, 2.24) is 0 Å². The molecule has 0 saturated carbocycles. The zero-order valence-electron chi connectivity index (χ0n) is 18.7. The molecule has 0 atom stereocenters. The van der Waals surface area contributed by atoms with E-state index in [4.69, 9.17) is 52.3 Å². The van der Waals surface area contributed by atoms with Crippen LogP contribution in [0.15, 0.2) is 58.7 Å². The van der Waals surface area contributed by atoms with E-state index in [2.05, 4.69) is 26.3 Å². The highest BCUT2D eigenvalue weighted by atomic mass is 35.5. The van der Waals surface area contributed by atoms with Crippen LogP contribution in [-0.2, 0) is 14.7 Å². The molecule has 186 valence electrons. The highest BCUT2D eigenvalue weighted by Gasteiger charge is 2.27. The quantitative estimate of drug-likeness (QED) is 0.115. The maximum absolute atomic E-state index is 8.62. The van der Waals surface area contributed by atoms with Gasteiger partial charge in [0, 0.05) is 12.1 Å². The Morgan fingerprint density at radius 2 is 1.44 bits per heavy atom. The van der Waals surface area contributed by atoms with Crippen molar-refractivity contribution in [2.24, 2.45) is 9.98 Å². The summed E-state index contributed by atoms with van der Waals surface area (Å²) in [5.41, 5.74) is 0.967. The Labute approximate surface area is 214 Å². The smallest absolute Gasteiger partial charge is 0.175 e. The fraction of sp³-hybridized carbons (Fsp3) is 0.167. The van der Waals surface area contributed by atoms with Crippen molar-refractivity contribution in [3.8, 4) is 34.5 Å². The van der Waals surface area contributed by atoms with E-state index >= 15 is 0 Å². The molecule has 0 amide bonds. The van der Waals surface area contributed by atoms with Gasteiger partial charge in [-0.3, -0.25) is 0 Å². The molecule has 2 aliphatic heterocycles. The summed E-state index contributed by atoms with van der Waals surface area (Å²) < 4.78 is 23.2. The second-order valence-electron chi connectivity index (χ2n) is 7.43. The van der Waals surface area contributed by atoms with Crippen LogP contribution in [0.25, 0.3) is 0 Å². The maximum atomic E-state index is 8.62. The average molecular weight is 533 g/mol. The highest BCUT2D eigenvalue weighted by molar-refractivity contribution is 6.35. The summed E-state index contributed by atoms with van der Waals surface area (Å²) in [5, 5.41) is 9.61. The molecular formula is C24H18Cl2N2O8. The molecule has 1 N–H and O–H groups in total. The van der Waals surface area contributed by atoms with E-state index in [0.717, 1.165) is 0 Å². The van der Waals surface area contributed by atoms with Crippen LogP contribution in [0.5, 0.6) is 34.5 Å². The Hall–Kier alpha value is -3.54. The summed E-state index contributed by atoms with van der Waals surface area (Å²) in [5.74, 6) is 2.49. The van der Waals surface area contributed by atoms with Crippen molar-refractivity contribution >= 4 is 34.6 Å². The summed E-state index contributed by atoms with van der Waals surface area (Å²) >= 11 is 13.4. The molecule has 12 heteroatoms. The van der Waals surface area contributed by atoms with Crippen LogP contribution in [0.4, 0.5) is 11.4 Å². The first kappa shape index (κ1) is 24.2. The second kappa shape index (κ2) is 10.2. The van der Waals surface area contributed by atoms with E-state index in [1.165, 1.54) is 7.11 Å².